The molecule has 0 radical (unpaired) electrons. The topological polar surface area (TPSA) is 57.1 Å². The molecule has 5 nitrogen and oxygen atoms in total. The minimum atomic E-state index is -0.495. The van der Waals surface area contributed by atoms with Crippen LogP contribution in [0.3, 0.4) is 0 Å². The maximum absolute atomic E-state index is 12.0. The monoisotopic (exact) mass is 333 g/mol. The van der Waals surface area contributed by atoms with Gasteiger partial charge in [-0.05, 0) is 23.8 Å². The Bertz CT molecular complexity index is 892. The van der Waals surface area contributed by atoms with Crippen molar-refractivity contribution in [2.45, 2.75) is 0 Å². The minimum absolute atomic E-state index is 0.147. The van der Waals surface area contributed by atoms with E-state index in [1.165, 1.54) is 7.11 Å². The van der Waals surface area contributed by atoms with Gasteiger partial charge >= 0.3 is 5.97 Å². The molecule has 0 spiro atoms. The highest BCUT2D eigenvalue weighted by molar-refractivity contribution is 6.31. The summed E-state index contributed by atoms with van der Waals surface area (Å²) in [6, 6.07) is 14.7. The number of carbonyl (C=O) groups is 1. The smallest absolute Gasteiger partial charge is 0.368 e. The van der Waals surface area contributed by atoms with Gasteiger partial charge in [-0.25, -0.2) is 4.79 Å². The summed E-state index contributed by atoms with van der Waals surface area (Å²) < 4.78 is 10.7. The third-order valence-electron chi connectivity index (χ3n) is 3.55. The third kappa shape index (κ3) is 3.54. The first kappa shape index (κ1) is 16.3. The van der Waals surface area contributed by atoms with E-state index in [1.807, 2.05) is 30.3 Å². The van der Waals surface area contributed by atoms with Crippen LogP contribution in [0.25, 0.3) is 6.08 Å². The van der Waals surface area contributed by atoms with Crippen molar-refractivity contribution in [1.29, 1.82) is 0 Å². The van der Waals surface area contributed by atoms with Gasteiger partial charge < -0.3 is 14.3 Å². The van der Waals surface area contributed by atoms with Crippen LogP contribution in [0.4, 0.5) is 0 Å². The van der Waals surface area contributed by atoms with Gasteiger partial charge in [0.15, 0.2) is 11.5 Å². The summed E-state index contributed by atoms with van der Waals surface area (Å²) >= 11 is 0. The average Bonchev–Trinajstić information content (AvgIpc) is 3.01. The molecular weight excluding hydrogens is 318 g/mol. The van der Waals surface area contributed by atoms with Crippen LogP contribution in [-0.4, -0.2) is 25.4 Å². The number of benzene rings is 2. The number of methoxy groups -OCH3 is 1. The Kier molecular flexibility index (Phi) is 4.82. The van der Waals surface area contributed by atoms with Crippen molar-refractivity contribution >= 4 is 17.8 Å². The van der Waals surface area contributed by atoms with Crippen LogP contribution in [0.1, 0.15) is 11.1 Å². The fourth-order valence-corrected chi connectivity index (χ4v) is 2.39. The first-order chi connectivity index (χ1) is 12.2. The number of terminal acetylenes is 1. The van der Waals surface area contributed by atoms with Gasteiger partial charge in [0.05, 0.1) is 12.7 Å². The molecule has 2 aromatic carbocycles. The van der Waals surface area contributed by atoms with Crippen molar-refractivity contribution in [1.82, 2.24) is 0 Å². The third-order valence-corrected chi connectivity index (χ3v) is 3.55. The van der Waals surface area contributed by atoms with Crippen molar-refractivity contribution in [2.75, 3.05) is 13.7 Å². The zero-order valence-corrected chi connectivity index (χ0v) is 13.6. The summed E-state index contributed by atoms with van der Waals surface area (Å²) in [6.45, 7) is 0.147. The molecule has 0 aromatic heterocycles. The van der Waals surface area contributed by atoms with Crippen LogP contribution in [-0.2, 0) is 9.63 Å². The molecule has 0 fully saturated rings. The van der Waals surface area contributed by atoms with Crippen LogP contribution in [0.2, 0.25) is 0 Å². The summed E-state index contributed by atoms with van der Waals surface area (Å²) in [5.41, 5.74) is 2.44. The van der Waals surface area contributed by atoms with E-state index in [9.17, 15) is 4.79 Å². The molecule has 0 aliphatic carbocycles. The quantitative estimate of drug-likeness (QED) is 0.479. The SMILES string of the molecule is C#CCOc1ccc(C=C2C(=O)ON=C2c2ccccc2)cc1OC. The normalized spacial score (nSPS) is 14.6. The van der Waals surface area contributed by atoms with Gasteiger partial charge in [0.1, 0.15) is 12.3 Å². The van der Waals surface area contributed by atoms with Gasteiger partial charge in [0, 0.05) is 5.56 Å². The Morgan fingerprint density at radius 1 is 1.20 bits per heavy atom. The highest BCUT2D eigenvalue weighted by Gasteiger charge is 2.26. The zero-order chi connectivity index (χ0) is 17.6. The van der Waals surface area contributed by atoms with E-state index in [1.54, 1.807) is 24.3 Å². The van der Waals surface area contributed by atoms with Gasteiger partial charge in [0.2, 0.25) is 0 Å². The van der Waals surface area contributed by atoms with Gasteiger partial charge in [-0.2, -0.15) is 0 Å². The molecule has 25 heavy (non-hydrogen) atoms. The summed E-state index contributed by atoms with van der Waals surface area (Å²) in [4.78, 5) is 16.9. The van der Waals surface area contributed by atoms with Gasteiger partial charge in [-0.3, -0.25) is 0 Å². The van der Waals surface area contributed by atoms with E-state index in [0.29, 0.717) is 22.8 Å². The molecule has 0 amide bonds. The molecule has 3 rings (SSSR count). The summed E-state index contributed by atoms with van der Waals surface area (Å²) in [6.07, 6.45) is 6.91. The lowest BCUT2D eigenvalue weighted by molar-refractivity contribution is -0.136. The number of ether oxygens (including phenoxy) is 2. The number of hydrogen-bond donors (Lipinski definition) is 0. The van der Waals surface area contributed by atoms with Crippen molar-refractivity contribution < 1.29 is 19.1 Å². The maximum atomic E-state index is 12.0. The highest BCUT2D eigenvalue weighted by atomic mass is 16.7. The predicted octanol–water partition coefficient (Wildman–Crippen LogP) is 3.05. The molecule has 5 heteroatoms. The minimum Gasteiger partial charge on any atom is -0.493 e. The van der Waals surface area contributed by atoms with Gasteiger partial charge in [-0.1, -0.05) is 47.5 Å². The zero-order valence-electron chi connectivity index (χ0n) is 13.6. The molecule has 0 unspecified atom stereocenters. The largest absolute Gasteiger partial charge is 0.493 e. The summed E-state index contributed by atoms with van der Waals surface area (Å²) in [7, 11) is 1.54. The molecule has 0 N–H and O–H groups in total. The maximum Gasteiger partial charge on any atom is 0.368 e. The molecule has 2 aromatic rings. The Labute approximate surface area is 145 Å². The Morgan fingerprint density at radius 3 is 2.72 bits per heavy atom. The number of hydrogen-bond acceptors (Lipinski definition) is 5. The first-order valence-electron chi connectivity index (χ1n) is 7.54. The molecule has 0 saturated carbocycles. The van der Waals surface area contributed by atoms with E-state index >= 15 is 0 Å². The van der Waals surface area contributed by atoms with Crippen molar-refractivity contribution in [3.63, 3.8) is 0 Å². The van der Waals surface area contributed by atoms with Crippen LogP contribution < -0.4 is 9.47 Å². The molecule has 124 valence electrons. The second kappa shape index (κ2) is 7.37. The summed E-state index contributed by atoms with van der Waals surface area (Å²) in [5.74, 6) is 2.97. The summed E-state index contributed by atoms with van der Waals surface area (Å²) in [5, 5.41) is 3.89. The highest BCUT2D eigenvalue weighted by Crippen LogP contribution is 2.30. The molecule has 0 bridgehead atoms. The van der Waals surface area contributed by atoms with E-state index in [0.717, 1.165) is 11.1 Å². The van der Waals surface area contributed by atoms with E-state index in [4.69, 9.17) is 20.7 Å². The second-order valence-corrected chi connectivity index (χ2v) is 5.15. The Hall–Kier alpha value is -3.52. The lowest BCUT2D eigenvalue weighted by Crippen LogP contribution is -2.06. The molecule has 0 saturated heterocycles. The van der Waals surface area contributed by atoms with E-state index in [2.05, 4.69) is 11.1 Å². The predicted molar refractivity (Wildman–Crippen MR) is 94.4 cm³/mol. The van der Waals surface area contributed by atoms with Crippen LogP contribution in [0.5, 0.6) is 11.5 Å². The number of nitrogens with zero attached hydrogens (tertiary/aromatic N) is 1. The van der Waals surface area contributed by atoms with Crippen molar-refractivity contribution in [3.8, 4) is 23.8 Å². The molecule has 1 aliphatic rings. The standard InChI is InChI=1S/C20H15NO4/c1-3-11-24-17-10-9-14(13-18(17)23-2)12-16-19(21-25-20(16)22)15-7-5-4-6-8-15/h1,4-10,12-13H,11H2,2H3. The van der Waals surface area contributed by atoms with Crippen LogP contribution in [0.15, 0.2) is 59.3 Å². The Morgan fingerprint density at radius 2 is 2.00 bits per heavy atom. The molecule has 0 atom stereocenters. The van der Waals surface area contributed by atoms with Gasteiger partial charge in [-0.15, -0.1) is 6.42 Å². The lowest BCUT2D eigenvalue weighted by Gasteiger charge is -2.09. The lowest BCUT2D eigenvalue weighted by atomic mass is 10.0. The second-order valence-electron chi connectivity index (χ2n) is 5.15. The van der Waals surface area contributed by atoms with Crippen molar-refractivity contribution in [2.24, 2.45) is 5.16 Å². The van der Waals surface area contributed by atoms with E-state index < -0.39 is 5.97 Å². The van der Waals surface area contributed by atoms with Gasteiger partial charge in [0.25, 0.3) is 0 Å². The molecule has 1 aliphatic heterocycles. The van der Waals surface area contributed by atoms with E-state index in [-0.39, 0.29) is 6.61 Å². The number of carbonyl (C=O) groups excluding carboxylic acids is 1. The fourth-order valence-electron chi connectivity index (χ4n) is 2.39. The Balaban J connectivity index is 1.95. The van der Waals surface area contributed by atoms with Crippen LogP contribution in [0, 0.1) is 12.3 Å². The fraction of sp³-hybridized carbons (Fsp3) is 0.100. The number of oxime groups is 1. The first-order valence-corrected chi connectivity index (χ1v) is 7.54. The molecular formula is C20H15NO4. The number of rotatable bonds is 5. The average molecular weight is 333 g/mol. The van der Waals surface area contributed by atoms with Crippen LogP contribution >= 0.6 is 0 Å². The van der Waals surface area contributed by atoms with Crippen molar-refractivity contribution in [3.05, 3.63) is 65.2 Å². The molecule has 1 heterocycles.